The monoisotopic (exact) mass is 380 g/mol. The van der Waals surface area contributed by atoms with Crippen LogP contribution in [0.3, 0.4) is 0 Å². The van der Waals surface area contributed by atoms with Gasteiger partial charge in [-0.25, -0.2) is 0 Å². The van der Waals surface area contributed by atoms with E-state index in [1.807, 2.05) is 0 Å². The molecule has 0 amide bonds. The lowest BCUT2D eigenvalue weighted by Crippen LogP contribution is -2.31. The van der Waals surface area contributed by atoms with Crippen LogP contribution >= 0.6 is 0 Å². The molecule has 0 saturated heterocycles. The normalized spacial score (nSPS) is 35.2. The van der Waals surface area contributed by atoms with Gasteiger partial charge in [0.1, 0.15) is 5.78 Å². The van der Waals surface area contributed by atoms with Gasteiger partial charge in [0.15, 0.2) is 0 Å². The van der Waals surface area contributed by atoms with Crippen molar-refractivity contribution in [3.8, 4) is 0 Å². The number of aliphatic hydroxyl groups excluding tert-OH is 1. The molecule has 0 radical (unpaired) electrons. The van der Waals surface area contributed by atoms with Gasteiger partial charge in [-0.1, -0.05) is 33.1 Å². The molecule has 0 aromatic rings. The molecule has 0 heterocycles. The number of aliphatic hydroxyl groups is 1. The van der Waals surface area contributed by atoms with Gasteiger partial charge >= 0.3 is 5.97 Å². The fraction of sp³-hybridized carbons (Fsp3) is 0.913. The van der Waals surface area contributed by atoms with Gasteiger partial charge in [-0.3, -0.25) is 9.59 Å². The molecular weight excluding hydrogens is 340 g/mol. The van der Waals surface area contributed by atoms with Crippen LogP contribution in [0.2, 0.25) is 0 Å². The first-order valence-corrected chi connectivity index (χ1v) is 11.3. The average molecular weight is 381 g/mol. The number of aliphatic carboxylic acids is 1. The Hall–Kier alpha value is -0.900. The van der Waals surface area contributed by atoms with Crippen molar-refractivity contribution in [2.75, 3.05) is 0 Å². The van der Waals surface area contributed by atoms with E-state index in [1.54, 1.807) is 0 Å². The van der Waals surface area contributed by atoms with Crippen LogP contribution < -0.4 is 0 Å². The van der Waals surface area contributed by atoms with Crippen LogP contribution in [0.1, 0.15) is 97.3 Å². The summed E-state index contributed by atoms with van der Waals surface area (Å²) in [6.45, 7) is 4.47. The van der Waals surface area contributed by atoms with Crippen molar-refractivity contribution >= 4 is 11.8 Å². The van der Waals surface area contributed by atoms with Crippen molar-refractivity contribution in [3.05, 3.63) is 0 Å². The maximum absolute atomic E-state index is 13.0. The van der Waals surface area contributed by atoms with Crippen LogP contribution in [-0.4, -0.2) is 28.1 Å². The van der Waals surface area contributed by atoms with Crippen LogP contribution in [-0.2, 0) is 9.59 Å². The zero-order chi connectivity index (χ0) is 19.8. The fourth-order valence-electron chi connectivity index (χ4n) is 5.59. The molecule has 4 nitrogen and oxygen atoms in total. The molecule has 4 heteroatoms. The van der Waals surface area contributed by atoms with Crippen LogP contribution in [0.15, 0.2) is 0 Å². The summed E-state index contributed by atoms with van der Waals surface area (Å²) < 4.78 is 0. The molecular formula is C23H40O4. The van der Waals surface area contributed by atoms with Gasteiger partial charge in [-0.2, -0.15) is 0 Å². The highest BCUT2D eigenvalue weighted by atomic mass is 16.4. The second kappa shape index (κ2) is 11.2. The molecule has 156 valence electrons. The lowest BCUT2D eigenvalue weighted by atomic mass is 9.72. The summed E-state index contributed by atoms with van der Waals surface area (Å²) in [7, 11) is 0. The van der Waals surface area contributed by atoms with Crippen LogP contribution in [0, 0.1) is 29.6 Å². The van der Waals surface area contributed by atoms with Crippen LogP contribution in [0.25, 0.3) is 0 Å². The molecule has 0 aromatic carbocycles. The van der Waals surface area contributed by atoms with Crippen molar-refractivity contribution in [2.45, 2.75) is 103 Å². The van der Waals surface area contributed by atoms with E-state index >= 15 is 0 Å². The maximum Gasteiger partial charge on any atom is 0.303 e. The number of hydrogen-bond donors (Lipinski definition) is 2. The Balaban J connectivity index is 2.04. The van der Waals surface area contributed by atoms with Gasteiger partial charge in [-0.05, 0) is 75.0 Å². The summed E-state index contributed by atoms with van der Waals surface area (Å²) in [5, 5.41) is 19.0. The predicted octanol–water partition coefficient (Wildman–Crippen LogP) is 5.22. The van der Waals surface area contributed by atoms with E-state index < -0.39 is 5.97 Å². The smallest absolute Gasteiger partial charge is 0.303 e. The molecule has 0 bridgehead atoms. The zero-order valence-corrected chi connectivity index (χ0v) is 17.4. The molecule has 6 unspecified atom stereocenters. The topological polar surface area (TPSA) is 74.6 Å². The Bertz CT molecular complexity index is 475. The van der Waals surface area contributed by atoms with Crippen molar-refractivity contribution in [1.82, 2.24) is 0 Å². The third-order valence-corrected chi connectivity index (χ3v) is 7.33. The molecule has 2 rings (SSSR count). The second-order valence-corrected chi connectivity index (χ2v) is 9.38. The summed E-state index contributed by atoms with van der Waals surface area (Å²) >= 11 is 0. The van der Waals surface area contributed by atoms with Gasteiger partial charge in [0.2, 0.25) is 0 Å². The third-order valence-electron chi connectivity index (χ3n) is 7.33. The van der Waals surface area contributed by atoms with Crippen molar-refractivity contribution < 1.29 is 19.8 Å². The SMILES string of the molecule is CC(CCC(=O)O)C1CCCC2CCCC(O)CCCC(=O)C2C(C)CC1. The molecule has 6 atom stereocenters. The van der Waals surface area contributed by atoms with E-state index in [0.29, 0.717) is 35.9 Å². The number of rotatable bonds is 4. The number of Topliss-reactive ketones (excluding diaryl/α,β-unsaturated/α-hetero) is 1. The lowest BCUT2D eigenvalue weighted by molar-refractivity contribution is -0.137. The summed E-state index contributed by atoms with van der Waals surface area (Å²) in [6.07, 6.45) is 11.6. The van der Waals surface area contributed by atoms with E-state index in [9.17, 15) is 14.7 Å². The number of carbonyl (C=O) groups excluding carboxylic acids is 1. The minimum Gasteiger partial charge on any atom is -0.481 e. The van der Waals surface area contributed by atoms with Crippen LogP contribution in [0.4, 0.5) is 0 Å². The number of fused-ring (bicyclic) bond motifs is 1. The fourth-order valence-corrected chi connectivity index (χ4v) is 5.59. The summed E-state index contributed by atoms with van der Waals surface area (Å²) in [5.41, 5.74) is 0. The molecule has 2 aliphatic rings. The highest BCUT2D eigenvalue weighted by molar-refractivity contribution is 5.81. The highest BCUT2D eigenvalue weighted by Crippen LogP contribution is 2.40. The van der Waals surface area contributed by atoms with Crippen LogP contribution in [0.5, 0.6) is 0 Å². The predicted molar refractivity (Wildman–Crippen MR) is 107 cm³/mol. The minimum atomic E-state index is -0.697. The molecule has 2 N–H and O–H groups in total. The number of ketones is 1. The van der Waals surface area contributed by atoms with Crippen molar-refractivity contribution in [2.24, 2.45) is 29.6 Å². The Morgan fingerprint density at radius 1 is 1.04 bits per heavy atom. The van der Waals surface area contributed by atoms with E-state index in [1.165, 1.54) is 0 Å². The number of hydrogen-bond acceptors (Lipinski definition) is 3. The Kier molecular flexibility index (Phi) is 9.28. The Labute approximate surface area is 165 Å². The highest BCUT2D eigenvalue weighted by Gasteiger charge is 2.34. The number of carboxylic acids is 1. The summed E-state index contributed by atoms with van der Waals surface area (Å²) in [4.78, 5) is 23.9. The molecule has 2 fully saturated rings. The van der Waals surface area contributed by atoms with Gasteiger partial charge in [0, 0.05) is 18.8 Å². The molecule has 2 saturated carbocycles. The average Bonchev–Trinajstić information content (AvgIpc) is 2.68. The van der Waals surface area contributed by atoms with Gasteiger partial charge in [0.05, 0.1) is 6.10 Å². The van der Waals surface area contributed by atoms with E-state index in [4.69, 9.17) is 5.11 Å². The standard InChI is InChI=1S/C23H40O4/c1-16(13-15-22(26)27)18-6-3-7-19-8-4-9-20(24)10-5-11-21(25)23(19)17(2)12-14-18/h16-20,23-24H,3-15H2,1-2H3,(H,26,27). The van der Waals surface area contributed by atoms with Crippen molar-refractivity contribution in [3.63, 3.8) is 0 Å². The molecule has 0 aromatic heterocycles. The molecule has 0 spiro atoms. The first kappa shape index (κ1) is 22.4. The van der Waals surface area contributed by atoms with E-state index in [0.717, 1.165) is 70.6 Å². The minimum absolute atomic E-state index is 0.188. The Morgan fingerprint density at radius 3 is 2.41 bits per heavy atom. The Morgan fingerprint density at radius 2 is 1.70 bits per heavy atom. The van der Waals surface area contributed by atoms with Crippen molar-refractivity contribution in [1.29, 1.82) is 0 Å². The molecule has 0 aliphatic heterocycles. The summed E-state index contributed by atoms with van der Waals surface area (Å²) in [6, 6.07) is 0. The lowest BCUT2D eigenvalue weighted by Gasteiger charge is -2.32. The van der Waals surface area contributed by atoms with Gasteiger partial charge in [-0.15, -0.1) is 0 Å². The quantitative estimate of drug-likeness (QED) is 0.701. The van der Waals surface area contributed by atoms with Gasteiger partial charge < -0.3 is 10.2 Å². The first-order valence-electron chi connectivity index (χ1n) is 11.3. The maximum atomic E-state index is 13.0. The number of carbonyl (C=O) groups is 2. The molecule has 27 heavy (non-hydrogen) atoms. The third kappa shape index (κ3) is 7.21. The zero-order valence-electron chi connectivity index (χ0n) is 17.4. The van der Waals surface area contributed by atoms with Gasteiger partial charge in [0.25, 0.3) is 0 Å². The first-order chi connectivity index (χ1) is 12.9. The summed E-state index contributed by atoms with van der Waals surface area (Å²) in [5.74, 6) is 1.82. The number of carboxylic acid groups (broad SMARTS) is 1. The largest absolute Gasteiger partial charge is 0.481 e. The second-order valence-electron chi connectivity index (χ2n) is 9.38. The molecule has 2 aliphatic carbocycles. The van der Waals surface area contributed by atoms with E-state index in [2.05, 4.69) is 13.8 Å². The van der Waals surface area contributed by atoms with E-state index in [-0.39, 0.29) is 18.4 Å².